The highest BCUT2D eigenvalue weighted by atomic mass is 19.1. The fourth-order valence-corrected chi connectivity index (χ4v) is 2.07. The number of nitrogens with zero attached hydrogens (tertiary/aromatic N) is 1. The molecule has 1 unspecified atom stereocenters. The van der Waals surface area contributed by atoms with Crippen LogP contribution in [-0.4, -0.2) is 42.9 Å². The fourth-order valence-electron chi connectivity index (χ4n) is 2.07. The quantitative estimate of drug-likeness (QED) is 0.757. The number of halogens is 2. The summed E-state index contributed by atoms with van der Waals surface area (Å²) in [5, 5.41) is 9.87. The Morgan fingerprint density at radius 2 is 2.10 bits per heavy atom. The zero-order valence-electron chi connectivity index (χ0n) is 12.1. The molecule has 1 aromatic carbocycles. The molecule has 1 aromatic rings. The van der Waals surface area contributed by atoms with Crippen molar-refractivity contribution in [1.29, 1.82) is 0 Å². The lowest BCUT2D eigenvalue weighted by molar-refractivity contribution is 0.0794. The van der Waals surface area contributed by atoms with Gasteiger partial charge in [-0.3, -0.25) is 4.90 Å². The number of aliphatic hydroxyl groups is 1. The molecule has 114 valence electrons. The van der Waals surface area contributed by atoms with Crippen molar-refractivity contribution in [2.45, 2.75) is 32.4 Å². The number of aliphatic hydroxyl groups excluding tert-OH is 1. The van der Waals surface area contributed by atoms with Crippen LogP contribution in [0.3, 0.4) is 0 Å². The van der Waals surface area contributed by atoms with Crippen molar-refractivity contribution in [2.24, 2.45) is 0 Å². The average Bonchev–Trinajstić information content (AvgIpc) is 2.39. The van der Waals surface area contributed by atoms with E-state index in [0.717, 1.165) is 12.5 Å². The van der Waals surface area contributed by atoms with Gasteiger partial charge >= 0.3 is 0 Å². The molecule has 1 atom stereocenters. The van der Waals surface area contributed by atoms with E-state index in [1.54, 1.807) is 7.11 Å². The van der Waals surface area contributed by atoms with Crippen LogP contribution in [0, 0.1) is 11.6 Å². The smallest absolute Gasteiger partial charge is 0.130 e. The van der Waals surface area contributed by atoms with E-state index in [9.17, 15) is 13.9 Å². The Balaban J connectivity index is 2.67. The summed E-state index contributed by atoms with van der Waals surface area (Å²) in [4.78, 5) is 1.92. The summed E-state index contributed by atoms with van der Waals surface area (Å²) in [6.07, 6.45) is 1.15. The summed E-state index contributed by atoms with van der Waals surface area (Å²) in [5.41, 5.74) is 0.422. The first-order valence-corrected chi connectivity index (χ1v) is 6.90. The third kappa shape index (κ3) is 5.94. The minimum absolute atomic E-state index is 0.330. The third-order valence-electron chi connectivity index (χ3n) is 3.11. The van der Waals surface area contributed by atoms with Gasteiger partial charge in [-0.2, -0.15) is 0 Å². The molecule has 0 saturated carbocycles. The van der Waals surface area contributed by atoms with Gasteiger partial charge in [0.2, 0.25) is 0 Å². The van der Waals surface area contributed by atoms with Gasteiger partial charge in [0.05, 0.1) is 12.7 Å². The topological polar surface area (TPSA) is 32.7 Å². The minimum Gasteiger partial charge on any atom is -0.392 e. The van der Waals surface area contributed by atoms with Gasteiger partial charge in [0.15, 0.2) is 0 Å². The molecule has 1 N–H and O–H groups in total. The van der Waals surface area contributed by atoms with Gasteiger partial charge < -0.3 is 9.84 Å². The maximum atomic E-state index is 13.7. The van der Waals surface area contributed by atoms with Crippen molar-refractivity contribution in [3.05, 3.63) is 35.4 Å². The Morgan fingerprint density at radius 1 is 1.35 bits per heavy atom. The van der Waals surface area contributed by atoms with Crippen LogP contribution < -0.4 is 0 Å². The van der Waals surface area contributed by atoms with E-state index < -0.39 is 17.7 Å². The Kier molecular flexibility index (Phi) is 7.65. The van der Waals surface area contributed by atoms with Crippen molar-refractivity contribution in [2.75, 3.05) is 26.8 Å². The lowest BCUT2D eigenvalue weighted by atomic mass is 10.1. The van der Waals surface area contributed by atoms with Crippen LogP contribution in [0.15, 0.2) is 18.2 Å². The fraction of sp³-hybridized carbons (Fsp3) is 0.600. The van der Waals surface area contributed by atoms with Crippen molar-refractivity contribution < 1.29 is 18.6 Å². The summed E-state index contributed by atoms with van der Waals surface area (Å²) >= 11 is 0. The van der Waals surface area contributed by atoms with E-state index in [-0.39, 0.29) is 0 Å². The summed E-state index contributed by atoms with van der Waals surface area (Å²) < 4.78 is 31.6. The van der Waals surface area contributed by atoms with E-state index in [0.29, 0.717) is 38.2 Å². The van der Waals surface area contributed by atoms with E-state index in [1.807, 2.05) is 11.8 Å². The molecule has 0 aliphatic heterocycles. The second-order valence-corrected chi connectivity index (χ2v) is 4.91. The number of hydrogen-bond acceptors (Lipinski definition) is 3. The Morgan fingerprint density at radius 3 is 2.70 bits per heavy atom. The Hall–Kier alpha value is -1.04. The van der Waals surface area contributed by atoms with Crippen LogP contribution >= 0.6 is 0 Å². The molecular formula is C15H23F2NO2. The van der Waals surface area contributed by atoms with Gasteiger partial charge in [-0.15, -0.1) is 0 Å². The van der Waals surface area contributed by atoms with E-state index in [1.165, 1.54) is 12.1 Å². The SMILES string of the molecule is CCCC(O)CN(CCOC)Cc1ccc(F)cc1F. The van der Waals surface area contributed by atoms with E-state index >= 15 is 0 Å². The van der Waals surface area contributed by atoms with Crippen molar-refractivity contribution >= 4 is 0 Å². The van der Waals surface area contributed by atoms with Gasteiger partial charge in [-0.25, -0.2) is 8.78 Å². The van der Waals surface area contributed by atoms with Crippen LogP contribution in [0.4, 0.5) is 8.78 Å². The summed E-state index contributed by atoms with van der Waals surface area (Å²) in [5.74, 6) is -1.14. The van der Waals surface area contributed by atoms with Crippen LogP contribution in [0.1, 0.15) is 25.3 Å². The maximum Gasteiger partial charge on any atom is 0.130 e. The molecular weight excluding hydrogens is 264 g/mol. The van der Waals surface area contributed by atoms with Crippen molar-refractivity contribution in [3.63, 3.8) is 0 Å². The second-order valence-electron chi connectivity index (χ2n) is 4.91. The van der Waals surface area contributed by atoms with E-state index in [2.05, 4.69) is 0 Å². The molecule has 0 fully saturated rings. The number of benzene rings is 1. The Labute approximate surface area is 119 Å². The zero-order chi connectivity index (χ0) is 15.0. The first-order chi connectivity index (χ1) is 9.56. The molecule has 0 spiro atoms. The Bertz CT molecular complexity index is 401. The summed E-state index contributed by atoms with van der Waals surface area (Å²) in [7, 11) is 1.60. The molecule has 0 aliphatic rings. The second kappa shape index (κ2) is 9.00. The molecule has 0 heterocycles. The first kappa shape index (κ1) is 17.0. The van der Waals surface area contributed by atoms with Crippen LogP contribution in [0.5, 0.6) is 0 Å². The largest absolute Gasteiger partial charge is 0.392 e. The highest BCUT2D eigenvalue weighted by Gasteiger charge is 2.14. The van der Waals surface area contributed by atoms with Crippen molar-refractivity contribution in [1.82, 2.24) is 4.90 Å². The minimum atomic E-state index is -0.583. The number of hydrogen-bond donors (Lipinski definition) is 1. The van der Waals surface area contributed by atoms with Crippen molar-refractivity contribution in [3.8, 4) is 0 Å². The maximum absolute atomic E-state index is 13.7. The molecule has 0 aliphatic carbocycles. The highest BCUT2D eigenvalue weighted by molar-refractivity contribution is 5.18. The lowest BCUT2D eigenvalue weighted by Crippen LogP contribution is -2.34. The molecule has 20 heavy (non-hydrogen) atoms. The van der Waals surface area contributed by atoms with Gasteiger partial charge in [0.25, 0.3) is 0 Å². The van der Waals surface area contributed by atoms with Gasteiger partial charge in [0, 0.05) is 38.4 Å². The van der Waals surface area contributed by atoms with Gasteiger partial charge in [0.1, 0.15) is 11.6 Å². The molecule has 0 saturated heterocycles. The molecule has 0 amide bonds. The predicted molar refractivity (Wildman–Crippen MR) is 74.4 cm³/mol. The number of ether oxygens (including phenoxy) is 1. The molecule has 0 bridgehead atoms. The summed E-state index contributed by atoms with van der Waals surface area (Å²) in [6, 6.07) is 3.57. The van der Waals surface area contributed by atoms with Crippen LogP contribution in [-0.2, 0) is 11.3 Å². The molecule has 5 heteroatoms. The van der Waals surface area contributed by atoms with Crippen LogP contribution in [0.25, 0.3) is 0 Å². The monoisotopic (exact) mass is 287 g/mol. The van der Waals surface area contributed by atoms with E-state index in [4.69, 9.17) is 4.74 Å². The number of rotatable bonds is 9. The highest BCUT2D eigenvalue weighted by Crippen LogP contribution is 2.13. The third-order valence-corrected chi connectivity index (χ3v) is 3.11. The normalized spacial score (nSPS) is 12.9. The predicted octanol–water partition coefficient (Wildman–Crippen LogP) is 2.57. The zero-order valence-corrected chi connectivity index (χ0v) is 12.1. The molecule has 3 nitrogen and oxygen atoms in total. The van der Waals surface area contributed by atoms with Gasteiger partial charge in [-0.1, -0.05) is 19.4 Å². The standard InChI is InChI=1S/C15H23F2NO2/c1-3-4-14(19)11-18(7-8-20-2)10-12-5-6-13(16)9-15(12)17/h5-6,9,14,19H,3-4,7-8,10-11H2,1-2H3. The molecule has 0 aromatic heterocycles. The molecule has 0 radical (unpaired) electrons. The first-order valence-electron chi connectivity index (χ1n) is 6.90. The van der Waals surface area contributed by atoms with Crippen LogP contribution in [0.2, 0.25) is 0 Å². The van der Waals surface area contributed by atoms with Gasteiger partial charge in [-0.05, 0) is 12.5 Å². The summed E-state index contributed by atoms with van der Waals surface area (Å²) in [6.45, 7) is 3.88. The molecule has 1 rings (SSSR count). The number of methoxy groups -OCH3 is 1. The lowest BCUT2D eigenvalue weighted by Gasteiger charge is -2.25. The average molecular weight is 287 g/mol.